The Bertz CT molecular complexity index is 685. The molecule has 3 aromatic rings. The monoisotopic (exact) mass is 256 g/mol. The van der Waals surface area contributed by atoms with Crippen LogP contribution in [0.5, 0.6) is 0 Å². The molecule has 0 amide bonds. The minimum Gasteiger partial charge on any atom is -0.461 e. The van der Waals surface area contributed by atoms with Crippen LogP contribution in [0.25, 0.3) is 22.6 Å². The fourth-order valence-corrected chi connectivity index (χ4v) is 2.30. The SMILES string of the molecule is CCc1nc(-c2ccco2)nc2[nH]cc(CCN)c12. The highest BCUT2D eigenvalue weighted by molar-refractivity contribution is 5.83. The highest BCUT2D eigenvalue weighted by Crippen LogP contribution is 2.25. The van der Waals surface area contributed by atoms with Crippen LogP contribution in [-0.2, 0) is 12.8 Å². The second-order valence-corrected chi connectivity index (χ2v) is 4.40. The summed E-state index contributed by atoms with van der Waals surface area (Å²) in [6.45, 7) is 2.71. The Balaban J connectivity index is 2.20. The molecule has 5 heteroatoms. The van der Waals surface area contributed by atoms with Crippen molar-refractivity contribution in [3.8, 4) is 11.6 Å². The number of nitrogens with zero attached hydrogens (tertiary/aromatic N) is 2. The number of hydrogen-bond acceptors (Lipinski definition) is 4. The van der Waals surface area contributed by atoms with Gasteiger partial charge in [0.25, 0.3) is 0 Å². The van der Waals surface area contributed by atoms with Gasteiger partial charge in [0.2, 0.25) is 0 Å². The lowest BCUT2D eigenvalue weighted by Crippen LogP contribution is -2.03. The average molecular weight is 256 g/mol. The van der Waals surface area contributed by atoms with Crippen LogP contribution in [0, 0.1) is 0 Å². The minimum absolute atomic E-state index is 0.621. The van der Waals surface area contributed by atoms with E-state index in [0.717, 1.165) is 29.6 Å². The van der Waals surface area contributed by atoms with Gasteiger partial charge in [-0.15, -0.1) is 0 Å². The third-order valence-electron chi connectivity index (χ3n) is 3.18. The predicted octanol–water partition coefficient (Wildman–Crippen LogP) is 2.28. The van der Waals surface area contributed by atoms with Crippen LogP contribution >= 0.6 is 0 Å². The molecule has 0 aliphatic rings. The van der Waals surface area contributed by atoms with E-state index in [1.165, 1.54) is 5.56 Å². The van der Waals surface area contributed by atoms with E-state index in [9.17, 15) is 0 Å². The van der Waals surface area contributed by atoms with Crippen LogP contribution in [0.4, 0.5) is 0 Å². The Labute approximate surface area is 110 Å². The molecule has 0 spiro atoms. The number of aromatic nitrogens is 3. The van der Waals surface area contributed by atoms with Crippen molar-refractivity contribution in [3.05, 3.63) is 35.9 Å². The van der Waals surface area contributed by atoms with Gasteiger partial charge in [-0.05, 0) is 37.1 Å². The zero-order valence-electron chi connectivity index (χ0n) is 10.8. The summed E-state index contributed by atoms with van der Waals surface area (Å²) in [7, 11) is 0. The number of nitrogens with two attached hydrogens (primary N) is 1. The molecule has 0 aliphatic carbocycles. The molecule has 0 fully saturated rings. The lowest BCUT2D eigenvalue weighted by atomic mass is 10.1. The van der Waals surface area contributed by atoms with Crippen LogP contribution in [0.15, 0.2) is 29.0 Å². The number of hydrogen-bond donors (Lipinski definition) is 2. The average Bonchev–Trinajstić information content (AvgIpc) is 3.07. The first-order valence-corrected chi connectivity index (χ1v) is 6.44. The van der Waals surface area contributed by atoms with Gasteiger partial charge in [0.05, 0.1) is 12.0 Å². The quantitative estimate of drug-likeness (QED) is 0.750. The van der Waals surface area contributed by atoms with Gasteiger partial charge in [-0.1, -0.05) is 6.92 Å². The van der Waals surface area contributed by atoms with Gasteiger partial charge in [-0.25, -0.2) is 9.97 Å². The molecule has 3 N–H and O–H groups in total. The lowest BCUT2D eigenvalue weighted by molar-refractivity contribution is 0.577. The fourth-order valence-electron chi connectivity index (χ4n) is 2.30. The molecule has 0 aliphatic heterocycles. The van der Waals surface area contributed by atoms with Gasteiger partial charge in [0, 0.05) is 11.6 Å². The summed E-state index contributed by atoms with van der Waals surface area (Å²) in [5.41, 5.74) is 8.70. The normalized spacial score (nSPS) is 11.3. The lowest BCUT2D eigenvalue weighted by Gasteiger charge is -2.04. The van der Waals surface area contributed by atoms with Crippen LogP contribution in [-0.4, -0.2) is 21.5 Å². The number of nitrogens with one attached hydrogen (secondary N) is 1. The molecule has 0 saturated heterocycles. The van der Waals surface area contributed by atoms with Crippen LogP contribution in [0.2, 0.25) is 0 Å². The smallest absolute Gasteiger partial charge is 0.197 e. The van der Waals surface area contributed by atoms with E-state index in [1.54, 1.807) is 6.26 Å². The Kier molecular flexibility index (Phi) is 3.05. The zero-order valence-corrected chi connectivity index (χ0v) is 10.8. The van der Waals surface area contributed by atoms with Crippen molar-refractivity contribution < 1.29 is 4.42 Å². The Morgan fingerprint density at radius 2 is 2.26 bits per heavy atom. The van der Waals surface area contributed by atoms with E-state index in [1.807, 2.05) is 18.3 Å². The largest absolute Gasteiger partial charge is 0.461 e. The summed E-state index contributed by atoms with van der Waals surface area (Å²) in [5, 5.41) is 1.10. The van der Waals surface area contributed by atoms with Crippen molar-refractivity contribution in [3.63, 3.8) is 0 Å². The van der Waals surface area contributed by atoms with Gasteiger partial charge in [-0.2, -0.15) is 0 Å². The maximum Gasteiger partial charge on any atom is 0.197 e. The standard InChI is InChI=1S/C14H16N4O/c1-2-10-12-9(5-6-15)8-16-14(12)18-13(17-10)11-4-3-7-19-11/h3-4,7-8H,2,5-6,15H2,1H3,(H,16,17,18). The Morgan fingerprint density at radius 3 is 2.95 bits per heavy atom. The molecule has 5 nitrogen and oxygen atoms in total. The molecule has 0 unspecified atom stereocenters. The zero-order chi connectivity index (χ0) is 13.2. The van der Waals surface area contributed by atoms with E-state index < -0.39 is 0 Å². The van der Waals surface area contributed by atoms with Gasteiger partial charge < -0.3 is 15.1 Å². The van der Waals surface area contributed by atoms with Crippen molar-refractivity contribution in [1.82, 2.24) is 15.0 Å². The Morgan fingerprint density at radius 1 is 1.37 bits per heavy atom. The van der Waals surface area contributed by atoms with Gasteiger partial charge in [-0.3, -0.25) is 0 Å². The van der Waals surface area contributed by atoms with E-state index in [0.29, 0.717) is 18.1 Å². The summed E-state index contributed by atoms with van der Waals surface area (Å²) in [6.07, 6.45) is 5.28. The van der Waals surface area contributed by atoms with Crippen LogP contribution in [0.3, 0.4) is 0 Å². The molecule has 19 heavy (non-hydrogen) atoms. The van der Waals surface area contributed by atoms with E-state index >= 15 is 0 Å². The first kappa shape index (κ1) is 11.9. The van der Waals surface area contributed by atoms with Gasteiger partial charge in [0.1, 0.15) is 5.65 Å². The van der Waals surface area contributed by atoms with Crippen molar-refractivity contribution >= 4 is 11.0 Å². The maximum absolute atomic E-state index is 5.64. The van der Waals surface area contributed by atoms with Crippen molar-refractivity contribution in [1.29, 1.82) is 0 Å². The first-order chi connectivity index (χ1) is 9.33. The maximum atomic E-state index is 5.64. The molecule has 98 valence electrons. The molecular weight excluding hydrogens is 240 g/mol. The second-order valence-electron chi connectivity index (χ2n) is 4.40. The number of fused-ring (bicyclic) bond motifs is 1. The highest BCUT2D eigenvalue weighted by atomic mass is 16.3. The molecule has 3 heterocycles. The topological polar surface area (TPSA) is 80.7 Å². The second kappa shape index (κ2) is 4.85. The number of aromatic amines is 1. The highest BCUT2D eigenvalue weighted by Gasteiger charge is 2.14. The summed E-state index contributed by atoms with van der Waals surface area (Å²) in [6, 6.07) is 3.70. The van der Waals surface area contributed by atoms with E-state index in [4.69, 9.17) is 10.2 Å². The van der Waals surface area contributed by atoms with Crippen molar-refractivity contribution in [2.75, 3.05) is 6.54 Å². The summed E-state index contributed by atoms with van der Waals surface area (Å²) in [5.74, 6) is 1.31. The molecule has 0 aromatic carbocycles. The molecule has 0 atom stereocenters. The van der Waals surface area contributed by atoms with Gasteiger partial charge >= 0.3 is 0 Å². The molecule has 3 rings (SSSR count). The van der Waals surface area contributed by atoms with E-state index in [2.05, 4.69) is 21.9 Å². The fraction of sp³-hybridized carbons (Fsp3) is 0.286. The molecular formula is C14H16N4O. The molecule has 0 radical (unpaired) electrons. The molecule has 3 aromatic heterocycles. The Hall–Kier alpha value is -2.14. The number of rotatable bonds is 4. The summed E-state index contributed by atoms with van der Waals surface area (Å²) >= 11 is 0. The number of H-pyrrole nitrogens is 1. The number of furan rings is 1. The van der Waals surface area contributed by atoms with Crippen LogP contribution < -0.4 is 5.73 Å². The predicted molar refractivity (Wildman–Crippen MR) is 73.7 cm³/mol. The number of aryl methyl sites for hydroxylation is 1. The molecule has 0 saturated carbocycles. The van der Waals surface area contributed by atoms with E-state index in [-0.39, 0.29) is 0 Å². The summed E-state index contributed by atoms with van der Waals surface area (Å²) in [4.78, 5) is 12.3. The molecule has 0 bridgehead atoms. The van der Waals surface area contributed by atoms with Gasteiger partial charge in [0.15, 0.2) is 11.6 Å². The van der Waals surface area contributed by atoms with Crippen LogP contribution in [0.1, 0.15) is 18.2 Å². The summed E-state index contributed by atoms with van der Waals surface area (Å²) < 4.78 is 5.36. The van der Waals surface area contributed by atoms with Crippen molar-refractivity contribution in [2.24, 2.45) is 5.73 Å². The van der Waals surface area contributed by atoms with Crippen molar-refractivity contribution in [2.45, 2.75) is 19.8 Å². The third kappa shape index (κ3) is 2.02. The first-order valence-electron chi connectivity index (χ1n) is 6.44. The minimum atomic E-state index is 0.621. The third-order valence-corrected chi connectivity index (χ3v) is 3.18.